The van der Waals surface area contributed by atoms with Gasteiger partial charge in [0, 0.05) is 57.3 Å². The second-order valence-corrected chi connectivity index (χ2v) is 8.21. The van der Waals surface area contributed by atoms with Crippen LogP contribution < -0.4 is 10.6 Å². The number of guanidine groups is 1. The zero-order valence-electron chi connectivity index (χ0n) is 18.7. The standard InChI is InChI=1S/C24H35N7/c1-2-25-24(27-16-9-17-30-19-14-20-10-5-6-11-21(20)30)26-15-8-13-23-29-28-22-12-4-3-7-18-31(22)23/h5-6,10-11,14,19H,2-4,7-9,12-13,15-18H2,1H3,(H2,25,26,27). The lowest BCUT2D eigenvalue weighted by molar-refractivity contribution is 0.593. The molecular weight excluding hydrogens is 386 g/mol. The second-order valence-electron chi connectivity index (χ2n) is 8.21. The molecule has 0 radical (unpaired) electrons. The fourth-order valence-corrected chi connectivity index (χ4v) is 4.29. The molecule has 0 unspecified atom stereocenters. The highest BCUT2D eigenvalue weighted by molar-refractivity contribution is 5.80. The Labute approximate surface area is 185 Å². The van der Waals surface area contributed by atoms with Gasteiger partial charge in [0.05, 0.1) is 0 Å². The summed E-state index contributed by atoms with van der Waals surface area (Å²) in [5.74, 6) is 3.21. The van der Waals surface area contributed by atoms with Gasteiger partial charge in [-0.15, -0.1) is 10.2 Å². The van der Waals surface area contributed by atoms with Crippen molar-refractivity contribution in [2.24, 2.45) is 4.99 Å². The Morgan fingerprint density at radius 3 is 2.94 bits per heavy atom. The molecule has 7 nitrogen and oxygen atoms in total. The third kappa shape index (κ3) is 5.66. The fourth-order valence-electron chi connectivity index (χ4n) is 4.29. The first kappa shape index (κ1) is 21.4. The Bertz CT molecular complexity index is 985. The summed E-state index contributed by atoms with van der Waals surface area (Å²) in [6.45, 7) is 6.72. The van der Waals surface area contributed by atoms with Gasteiger partial charge in [-0.25, -0.2) is 0 Å². The Hall–Kier alpha value is -2.83. The lowest BCUT2D eigenvalue weighted by Crippen LogP contribution is -2.38. The molecule has 3 aromatic rings. The highest BCUT2D eigenvalue weighted by Gasteiger charge is 2.14. The van der Waals surface area contributed by atoms with Crippen LogP contribution in [0.4, 0.5) is 0 Å². The van der Waals surface area contributed by atoms with E-state index >= 15 is 0 Å². The molecule has 31 heavy (non-hydrogen) atoms. The van der Waals surface area contributed by atoms with Crippen LogP contribution in [0.2, 0.25) is 0 Å². The van der Waals surface area contributed by atoms with Crippen molar-refractivity contribution in [3.8, 4) is 0 Å². The van der Waals surface area contributed by atoms with E-state index in [-0.39, 0.29) is 0 Å². The van der Waals surface area contributed by atoms with Crippen LogP contribution in [0, 0.1) is 0 Å². The van der Waals surface area contributed by atoms with Crippen molar-refractivity contribution in [3.63, 3.8) is 0 Å². The van der Waals surface area contributed by atoms with E-state index in [1.54, 1.807) is 0 Å². The van der Waals surface area contributed by atoms with Gasteiger partial charge < -0.3 is 19.8 Å². The topological polar surface area (TPSA) is 72.1 Å². The fraction of sp³-hybridized carbons (Fsp3) is 0.542. The van der Waals surface area contributed by atoms with Gasteiger partial charge in [-0.05, 0) is 50.1 Å². The molecule has 166 valence electrons. The van der Waals surface area contributed by atoms with Crippen LogP contribution >= 0.6 is 0 Å². The summed E-state index contributed by atoms with van der Waals surface area (Å²) in [7, 11) is 0. The average molecular weight is 422 g/mol. The van der Waals surface area contributed by atoms with Crippen LogP contribution in [0.3, 0.4) is 0 Å². The van der Waals surface area contributed by atoms with E-state index in [9.17, 15) is 0 Å². The molecule has 0 saturated carbocycles. The van der Waals surface area contributed by atoms with Crippen LogP contribution in [0.15, 0.2) is 41.5 Å². The summed E-state index contributed by atoms with van der Waals surface area (Å²) >= 11 is 0. The number of para-hydroxylation sites is 1. The highest BCUT2D eigenvalue weighted by atomic mass is 15.3. The molecule has 1 aromatic carbocycles. The number of fused-ring (bicyclic) bond motifs is 2. The number of aryl methyl sites for hydroxylation is 3. The Kier molecular flexibility index (Phi) is 7.58. The van der Waals surface area contributed by atoms with Gasteiger partial charge >= 0.3 is 0 Å². The molecule has 0 bridgehead atoms. The first-order valence-corrected chi connectivity index (χ1v) is 11.8. The minimum atomic E-state index is 0.805. The molecule has 1 aliphatic rings. The maximum absolute atomic E-state index is 4.76. The molecule has 4 rings (SSSR count). The average Bonchev–Trinajstić information content (AvgIpc) is 3.30. The van der Waals surface area contributed by atoms with Crippen LogP contribution in [0.1, 0.15) is 50.7 Å². The second kappa shape index (κ2) is 11.0. The summed E-state index contributed by atoms with van der Waals surface area (Å²) < 4.78 is 4.66. The van der Waals surface area contributed by atoms with Gasteiger partial charge in [0.25, 0.3) is 0 Å². The van der Waals surface area contributed by atoms with E-state index in [0.717, 1.165) is 70.2 Å². The zero-order valence-corrected chi connectivity index (χ0v) is 18.7. The number of rotatable bonds is 9. The SMILES string of the molecule is CCNC(=NCCCn1ccc2ccccc21)NCCCc1nnc2n1CCCCC2. The number of hydrogen-bond donors (Lipinski definition) is 2. The number of nitrogens with one attached hydrogen (secondary N) is 2. The van der Waals surface area contributed by atoms with Crippen molar-refractivity contribution in [1.29, 1.82) is 0 Å². The summed E-state index contributed by atoms with van der Waals surface area (Å²) in [5.41, 5.74) is 1.29. The molecule has 7 heteroatoms. The number of hydrogen-bond acceptors (Lipinski definition) is 3. The highest BCUT2D eigenvalue weighted by Crippen LogP contribution is 2.16. The third-order valence-electron chi connectivity index (χ3n) is 5.91. The minimum Gasteiger partial charge on any atom is -0.357 e. The monoisotopic (exact) mass is 421 g/mol. The Morgan fingerprint density at radius 2 is 2.00 bits per heavy atom. The first-order valence-electron chi connectivity index (χ1n) is 11.8. The van der Waals surface area contributed by atoms with E-state index in [0.29, 0.717) is 0 Å². The third-order valence-corrected chi connectivity index (χ3v) is 5.91. The van der Waals surface area contributed by atoms with Crippen molar-refractivity contribution >= 4 is 16.9 Å². The maximum atomic E-state index is 4.76. The van der Waals surface area contributed by atoms with Crippen LogP contribution in [0.25, 0.3) is 10.9 Å². The van der Waals surface area contributed by atoms with E-state index in [1.807, 2.05) is 0 Å². The molecule has 1 aliphatic heterocycles. The molecule has 0 amide bonds. The van der Waals surface area contributed by atoms with Crippen molar-refractivity contribution in [2.45, 2.75) is 65.0 Å². The van der Waals surface area contributed by atoms with Crippen molar-refractivity contribution < 1.29 is 0 Å². The van der Waals surface area contributed by atoms with E-state index < -0.39 is 0 Å². The quantitative estimate of drug-likeness (QED) is 0.315. The van der Waals surface area contributed by atoms with Gasteiger partial charge in [0.15, 0.2) is 5.96 Å². The smallest absolute Gasteiger partial charge is 0.191 e. The molecule has 0 atom stereocenters. The molecule has 0 fully saturated rings. The Balaban J connectivity index is 1.21. The van der Waals surface area contributed by atoms with Gasteiger partial charge in [-0.3, -0.25) is 4.99 Å². The van der Waals surface area contributed by atoms with E-state index in [4.69, 9.17) is 4.99 Å². The van der Waals surface area contributed by atoms with Gasteiger partial charge in [0.2, 0.25) is 0 Å². The van der Waals surface area contributed by atoms with Crippen LogP contribution in [0.5, 0.6) is 0 Å². The van der Waals surface area contributed by atoms with Gasteiger partial charge in [-0.2, -0.15) is 0 Å². The van der Waals surface area contributed by atoms with Gasteiger partial charge in [0.1, 0.15) is 11.6 Å². The lowest BCUT2D eigenvalue weighted by atomic mass is 10.2. The van der Waals surface area contributed by atoms with E-state index in [2.05, 4.69) is 73.4 Å². The molecule has 2 aromatic heterocycles. The molecule has 2 N–H and O–H groups in total. The lowest BCUT2D eigenvalue weighted by Gasteiger charge is -2.12. The van der Waals surface area contributed by atoms with Crippen LogP contribution in [-0.4, -0.2) is 44.9 Å². The predicted molar refractivity (Wildman–Crippen MR) is 126 cm³/mol. The normalized spacial score (nSPS) is 14.4. The largest absolute Gasteiger partial charge is 0.357 e. The number of aromatic nitrogens is 4. The number of nitrogens with zero attached hydrogens (tertiary/aromatic N) is 5. The zero-order chi connectivity index (χ0) is 21.3. The molecular formula is C24H35N7. The molecule has 0 spiro atoms. The molecule has 0 saturated heterocycles. The first-order chi connectivity index (χ1) is 15.3. The van der Waals surface area contributed by atoms with Crippen LogP contribution in [-0.2, 0) is 25.9 Å². The van der Waals surface area contributed by atoms with E-state index in [1.165, 1.54) is 36.0 Å². The Morgan fingerprint density at radius 1 is 1.06 bits per heavy atom. The number of benzene rings is 1. The summed E-state index contributed by atoms with van der Waals surface area (Å²) in [6, 6.07) is 10.7. The molecule has 0 aliphatic carbocycles. The summed E-state index contributed by atoms with van der Waals surface area (Å²) in [4.78, 5) is 4.76. The summed E-state index contributed by atoms with van der Waals surface area (Å²) in [6.07, 6.45) is 10.0. The van der Waals surface area contributed by atoms with Crippen molar-refractivity contribution in [2.75, 3.05) is 19.6 Å². The predicted octanol–water partition coefficient (Wildman–Crippen LogP) is 3.54. The summed E-state index contributed by atoms with van der Waals surface area (Å²) in [5, 5.41) is 17.0. The molecule has 3 heterocycles. The number of aliphatic imine (C=N–C) groups is 1. The van der Waals surface area contributed by atoms with Gasteiger partial charge in [-0.1, -0.05) is 24.6 Å². The van der Waals surface area contributed by atoms with Crippen molar-refractivity contribution in [1.82, 2.24) is 30.0 Å². The maximum Gasteiger partial charge on any atom is 0.191 e. The van der Waals surface area contributed by atoms with Crippen molar-refractivity contribution in [3.05, 3.63) is 48.2 Å². The minimum absolute atomic E-state index is 0.805.